The SMILES string of the molecule is C=C(Cl)/C=C(/C)OCCO. The minimum atomic E-state index is 0.0138. The fourth-order valence-electron chi connectivity index (χ4n) is 0.469. The molecule has 0 aliphatic heterocycles. The van der Waals surface area contributed by atoms with Gasteiger partial charge in [-0.05, 0) is 13.0 Å². The molecule has 0 unspecified atom stereocenters. The first-order chi connectivity index (χ1) is 4.66. The molecule has 0 aliphatic rings. The van der Waals surface area contributed by atoms with Crippen molar-refractivity contribution in [2.24, 2.45) is 0 Å². The zero-order valence-electron chi connectivity index (χ0n) is 5.93. The van der Waals surface area contributed by atoms with Gasteiger partial charge in [0.25, 0.3) is 0 Å². The lowest BCUT2D eigenvalue weighted by Gasteiger charge is -2.01. The Bertz CT molecular complexity index is 141. The molecule has 0 bridgehead atoms. The van der Waals surface area contributed by atoms with E-state index in [1.165, 1.54) is 0 Å². The first kappa shape index (κ1) is 9.53. The van der Waals surface area contributed by atoms with Crippen LogP contribution in [-0.2, 0) is 4.74 Å². The van der Waals surface area contributed by atoms with Crippen LogP contribution in [0.15, 0.2) is 23.4 Å². The van der Waals surface area contributed by atoms with E-state index in [1.807, 2.05) is 0 Å². The van der Waals surface area contributed by atoms with Gasteiger partial charge in [0.2, 0.25) is 0 Å². The standard InChI is InChI=1S/C7H11ClO2/c1-6(8)5-7(2)10-4-3-9/h5,9H,1,3-4H2,2H3/b7-5-. The Morgan fingerprint density at radius 2 is 2.40 bits per heavy atom. The van der Waals surface area contributed by atoms with Gasteiger partial charge in [-0.3, -0.25) is 0 Å². The van der Waals surface area contributed by atoms with Crippen molar-refractivity contribution in [3.63, 3.8) is 0 Å². The molecule has 0 rings (SSSR count). The summed E-state index contributed by atoms with van der Waals surface area (Å²) in [6.07, 6.45) is 1.59. The van der Waals surface area contributed by atoms with Crippen molar-refractivity contribution in [3.8, 4) is 0 Å². The van der Waals surface area contributed by atoms with Crippen LogP contribution in [0.2, 0.25) is 0 Å². The maximum Gasteiger partial charge on any atom is 0.111 e. The number of rotatable bonds is 4. The van der Waals surface area contributed by atoms with E-state index in [2.05, 4.69) is 6.58 Å². The molecule has 58 valence electrons. The third-order valence-corrected chi connectivity index (χ3v) is 0.890. The number of ether oxygens (including phenoxy) is 1. The second-order valence-electron chi connectivity index (χ2n) is 1.77. The van der Waals surface area contributed by atoms with Crippen molar-refractivity contribution >= 4 is 11.6 Å². The van der Waals surface area contributed by atoms with E-state index >= 15 is 0 Å². The average Bonchev–Trinajstić information content (AvgIpc) is 1.82. The van der Waals surface area contributed by atoms with Gasteiger partial charge in [0.15, 0.2) is 0 Å². The van der Waals surface area contributed by atoms with Gasteiger partial charge in [0, 0.05) is 5.03 Å². The summed E-state index contributed by atoms with van der Waals surface area (Å²) in [6.45, 7) is 5.51. The quantitative estimate of drug-likeness (QED) is 0.503. The third-order valence-electron chi connectivity index (χ3n) is 0.781. The molecule has 0 saturated carbocycles. The molecule has 0 aromatic carbocycles. The third kappa shape index (κ3) is 5.66. The molecule has 10 heavy (non-hydrogen) atoms. The maximum absolute atomic E-state index is 8.34. The highest BCUT2D eigenvalue weighted by Crippen LogP contribution is 2.04. The lowest BCUT2D eigenvalue weighted by atomic mass is 10.5. The Morgan fingerprint density at radius 3 is 2.80 bits per heavy atom. The zero-order valence-corrected chi connectivity index (χ0v) is 6.69. The summed E-state index contributed by atoms with van der Waals surface area (Å²) in [6, 6.07) is 0. The number of hydrogen-bond donors (Lipinski definition) is 1. The predicted octanol–water partition coefficient (Wildman–Crippen LogP) is 1.65. The fraction of sp³-hybridized carbons (Fsp3) is 0.429. The average molecular weight is 163 g/mol. The van der Waals surface area contributed by atoms with Crippen LogP contribution in [0, 0.1) is 0 Å². The first-order valence-corrected chi connectivity index (χ1v) is 3.31. The van der Waals surface area contributed by atoms with E-state index in [-0.39, 0.29) is 6.61 Å². The van der Waals surface area contributed by atoms with Crippen LogP contribution in [0.5, 0.6) is 0 Å². The fourth-order valence-corrected chi connectivity index (χ4v) is 0.623. The van der Waals surface area contributed by atoms with Gasteiger partial charge in [-0.1, -0.05) is 18.2 Å². The minimum Gasteiger partial charge on any atom is -0.496 e. The molecule has 0 atom stereocenters. The second kappa shape index (κ2) is 5.33. The maximum atomic E-state index is 8.34. The molecule has 0 aliphatic carbocycles. The van der Waals surface area contributed by atoms with Gasteiger partial charge >= 0.3 is 0 Å². The predicted molar refractivity (Wildman–Crippen MR) is 41.8 cm³/mol. The lowest BCUT2D eigenvalue weighted by molar-refractivity contribution is 0.146. The van der Waals surface area contributed by atoms with Crippen molar-refractivity contribution in [1.82, 2.24) is 0 Å². The number of aliphatic hydroxyl groups excluding tert-OH is 1. The summed E-state index contributed by atoms with van der Waals surface area (Å²) in [7, 11) is 0. The molecule has 0 heterocycles. The van der Waals surface area contributed by atoms with Crippen LogP contribution in [0.1, 0.15) is 6.92 Å². The van der Waals surface area contributed by atoms with Crippen LogP contribution in [-0.4, -0.2) is 18.3 Å². The van der Waals surface area contributed by atoms with E-state index in [4.69, 9.17) is 21.4 Å². The van der Waals surface area contributed by atoms with Gasteiger partial charge in [-0.15, -0.1) is 0 Å². The van der Waals surface area contributed by atoms with E-state index in [9.17, 15) is 0 Å². The van der Waals surface area contributed by atoms with Crippen LogP contribution >= 0.6 is 11.6 Å². The van der Waals surface area contributed by atoms with E-state index in [0.717, 1.165) is 0 Å². The number of hydrogen-bond acceptors (Lipinski definition) is 2. The van der Waals surface area contributed by atoms with Gasteiger partial charge in [-0.2, -0.15) is 0 Å². The summed E-state index contributed by atoms with van der Waals surface area (Å²) < 4.78 is 4.97. The number of aliphatic hydroxyl groups is 1. The minimum absolute atomic E-state index is 0.0138. The first-order valence-electron chi connectivity index (χ1n) is 2.93. The Hall–Kier alpha value is -0.470. The molecule has 3 heteroatoms. The lowest BCUT2D eigenvalue weighted by Crippen LogP contribution is -1.96. The summed E-state index contributed by atoms with van der Waals surface area (Å²) >= 11 is 5.44. The molecular weight excluding hydrogens is 152 g/mol. The highest BCUT2D eigenvalue weighted by atomic mass is 35.5. The summed E-state index contributed by atoms with van der Waals surface area (Å²) in [5.41, 5.74) is 0. The molecule has 0 spiro atoms. The Labute approximate surface area is 65.8 Å². The van der Waals surface area contributed by atoms with Gasteiger partial charge in [-0.25, -0.2) is 0 Å². The number of allylic oxidation sites excluding steroid dienone is 3. The molecule has 0 aromatic heterocycles. The highest BCUT2D eigenvalue weighted by Gasteiger charge is 1.88. The summed E-state index contributed by atoms with van der Waals surface area (Å²) in [5, 5.41) is 8.77. The Kier molecular flexibility index (Phi) is 5.08. The molecule has 2 nitrogen and oxygen atoms in total. The van der Waals surface area contributed by atoms with Crippen LogP contribution in [0.3, 0.4) is 0 Å². The van der Waals surface area contributed by atoms with E-state index in [0.29, 0.717) is 17.4 Å². The van der Waals surface area contributed by atoms with E-state index in [1.54, 1.807) is 13.0 Å². The monoisotopic (exact) mass is 162 g/mol. The highest BCUT2D eigenvalue weighted by molar-refractivity contribution is 6.30. The van der Waals surface area contributed by atoms with E-state index < -0.39 is 0 Å². The molecule has 1 N–H and O–H groups in total. The van der Waals surface area contributed by atoms with Crippen LogP contribution < -0.4 is 0 Å². The van der Waals surface area contributed by atoms with Gasteiger partial charge in [0.05, 0.1) is 12.4 Å². The van der Waals surface area contributed by atoms with Crippen molar-refractivity contribution in [2.45, 2.75) is 6.92 Å². The molecule has 0 fully saturated rings. The molecule has 0 radical (unpaired) electrons. The summed E-state index contributed by atoms with van der Waals surface area (Å²) in [5.74, 6) is 0.661. The molecule has 0 aromatic rings. The smallest absolute Gasteiger partial charge is 0.111 e. The Morgan fingerprint density at radius 1 is 1.80 bits per heavy atom. The Balaban J connectivity index is 3.60. The van der Waals surface area contributed by atoms with Crippen LogP contribution in [0.4, 0.5) is 0 Å². The van der Waals surface area contributed by atoms with Crippen molar-refractivity contribution in [3.05, 3.63) is 23.4 Å². The number of halogens is 1. The van der Waals surface area contributed by atoms with Gasteiger partial charge < -0.3 is 9.84 Å². The molecule has 0 amide bonds. The van der Waals surface area contributed by atoms with Gasteiger partial charge in [0.1, 0.15) is 6.61 Å². The van der Waals surface area contributed by atoms with Crippen molar-refractivity contribution in [1.29, 1.82) is 0 Å². The second-order valence-corrected chi connectivity index (χ2v) is 2.26. The summed E-state index contributed by atoms with van der Waals surface area (Å²) in [4.78, 5) is 0. The van der Waals surface area contributed by atoms with Crippen molar-refractivity contribution < 1.29 is 9.84 Å². The largest absolute Gasteiger partial charge is 0.496 e. The molecule has 0 saturated heterocycles. The topological polar surface area (TPSA) is 29.5 Å². The normalized spacial score (nSPS) is 11.3. The zero-order chi connectivity index (χ0) is 7.98. The van der Waals surface area contributed by atoms with Crippen LogP contribution in [0.25, 0.3) is 0 Å². The molecular formula is C7H11ClO2. The van der Waals surface area contributed by atoms with Crippen molar-refractivity contribution in [2.75, 3.05) is 13.2 Å².